The Morgan fingerprint density at radius 3 is 2.50 bits per heavy atom. The van der Waals surface area contributed by atoms with E-state index in [9.17, 15) is 14.4 Å². The van der Waals surface area contributed by atoms with Crippen molar-refractivity contribution in [3.05, 3.63) is 49.9 Å². The van der Waals surface area contributed by atoms with Crippen LogP contribution in [0.1, 0.15) is 73.6 Å². The highest BCUT2D eigenvalue weighted by atomic mass is 35.5. The van der Waals surface area contributed by atoms with Gasteiger partial charge in [0.25, 0.3) is 11.5 Å². The lowest BCUT2D eigenvalue weighted by atomic mass is 9.82. The number of carbonyl (C=O) groups excluding carboxylic acids is 2. The van der Waals surface area contributed by atoms with Crippen LogP contribution in [-0.4, -0.2) is 47.6 Å². The molecule has 1 fully saturated rings. The smallest absolute Gasteiger partial charge is 0.407 e. The highest BCUT2D eigenvalue weighted by Crippen LogP contribution is 2.44. The fraction of sp³-hybridized carbons (Fsp3) is 0.552. The molecule has 1 atom stereocenters. The fourth-order valence-corrected chi connectivity index (χ4v) is 6.16. The number of ether oxygens (including phenoxy) is 3. The first-order valence-corrected chi connectivity index (χ1v) is 15.1. The molecule has 3 N–H and O–H groups in total. The minimum atomic E-state index is -0.535. The number of thioether (sulfide) groups is 1. The van der Waals surface area contributed by atoms with E-state index in [0.717, 1.165) is 36.3 Å². The number of pyridine rings is 1. The minimum Gasteiger partial charge on any atom is -0.484 e. The summed E-state index contributed by atoms with van der Waals surface area (Å²) >= 11 is 7.98. The lowest BCUT2D eigenvalue weighted by Gasteiger charge is -2.37. The molecule has 11 heteroatoms. The summed E-state index contributed by atoms with van der Waals surface area (Å²) in [5, 5.41) is 6.13. The summed E-state index contributed by atoms with van der Waals surface area (Å²) in [4.78, 5) is 41.5. The van der Waals surface area contributed by atoms with Gasteiger partial charge in [-0.25, -0.2) is 4.79 Å². The predicted octanol–water partition coefficient (Wildman–Crippen LogP) is 5.52. The molecule has 0 radical (unpaired) electrons. The van der Waals surface area contributed by atoms with Crippen LogP contribution in [0.15, 0.2) is 21.8 Å². The number of hydrogen-bond acceptors (Lipinski definition) is 7. The van der Waals surface area contributed by atoms with Crippen molar-refractivity contribution in [3.8, 4) is 11.5 Å². The Kier molecular flexibility index (Phi) is 9.29. The number of alkyl carbamates (subject to hydrolysis) is 1. The van der Waals surface area contributed by atoms with Crippen LogP contribution in [0.3, 0.4) is 0 Å². The molecule has 0 bridgehead atoms. The Bertz CT molecular complexity index is 1330. The van der Waals surface area contributed by atoms with Crippen LogP contribution in [0.5, 0.6) is 11.5 Å². The summed E-state index contributed by atoms with van der Waals surface area (Å²) in [5.74, 6) is 0.792. The Balaban J connectivity index is 1.41. The molecule has 40 heavy (non-hydrogen) atoms. The Labute approximate surface area is 244 Å². The van der Waals surface area contributed by atoms with Gasteiger partial charge in [0.2, 0.25) is 0 Å². The normalized spacial score (nSPS) is 20.5. The number of aryl methyl sites for hydroxylation is 1. The predicted molar refractivity (Wildman–Crippen MR) is 156 cm³/mol. The van der Waals surface area contributed by atoms with Crippen molar-refractivity contribution < 1.29 is 23.8 Å². The molecular weight excluding hydrogens is 554 g/mol. The summed E-state index contributed by atoms with van der Waals surface area (Å²) in [6.45, 7) is 9.61. The topological polar surface area (TPSA) is 119 Å². The number of hydrogen-bond donors (Lipinski definition) is 3. The summed E-state index contributed by atoms with van der Waals surface area (Å²) in [7, 11) is 0. The second-order valence-corrected chi connectivity index (χ2v) is 12.7. The monoisotopic (exact) mass is 591 g/mol. The van der Waals surface area contributed by atoms with Crippen molar-refractivity contribution >= 4 is 35.4 Å². The van der Waals surface area contributed by atoms with Crippen molar-refractivity contribution in [3.63, 3.8) is 0 Å². The van der Waals surface area contributed by atoms with Gasteiger partial charge in [0.15, 0.2) is 11.5 Å². The highest BCUT2D eigenvalue weighted by Gasteiger charge is 2.35. The van der Waals surface area contributed by atoms with E-state index in [0.29, 0.717) is 39.8 Å². The van der Waals surface area contributed by atoms with Gasteiger partial charge in [-0.2, -0.15) is 0 Å². The SMILES string of the molecule is CSc1cc(C)[nH]c(=O)c1CNC(=O)c1cc(Cl)c2c(c1C)OC(C1CCC(NC(=O)OC(C)(C)C)CC1)CO2. The number of nitrogens with one attached hydrogen (secondary N) is 3. The second-order valence-electron chi connectivity index (χ2n) is 11.4. The molecule has 2 amide bonds. The minimum absolute atomic E-state index is 0.0572. The van der Waals surface area contributed by atoms with Gasteiger partial charge in [-0.15, -0.1) is 11.8 Å². The third kappa shape index (κ3) is 7.07. The molecule has 0 spiro atoms. The van der Waals surface area contributed by atoms with Crippen LogP contribution >= 0.6 is 23.4 Å². The van der Waals surface area contributed by atoms with Crippen LogP contribution in [-0.2, 0) is 11.3 Å². The quantitative estimate of drug-likeness (QED) is 0.378. The van der Waals surface area contributed by atoms with E-state index < -0.39 is 11.7 Å². The van der Waals surface area contributed by atoms with Crippen LogP contribution in [0, 0.1) is 19.8 Å². The van der Waals surface area contributed by atoms with Gasteiger partial charge in [-0.3, -0.25) is 9.59 Å². The maximum absolute atomic E-state index is 13.2. The highest BCUT2D eigenvalue weighted by molar-refractivity contribution is 7.98. The van der Waals surface area contributed by atoms with Gasteiger partial charge in [0.1, 0.15) is 18.3 Å². The van der Waals surface area contributed by atoms with Gasteiger partial charge >= 0.3 is 6.09 Å². The average molecular weight is 592 g/mol. The van der Waals surface area contributed by atoms with E-state index in [4.69, 9.17) is 25.8 Å². The number of aromatic amines is 1. The number of carbonyl (C=O) groups is 2. The molecule has 1 unspecified atom stereocenters. The third-order valence-electron chi connectivity index (χ3n) is 7.24. The molecule has 1 aromatic carbocycles. The molecule has 9 nitrogen and oxygen atoms in total. The number of rotatable bonds is 6. The Morgan fingerprint density at radius 2 is 1.85 bits per heavy atom. The van der Waals surface area contributed by atoms with Crippen molar-refractivity contribution in [2.75, 3.05) is 12.9 Å². The van der Waals surface area contributed by atoms with Gasteiger partial charge in [0.05, 0.1) is 5.02 Å². The van der Waals surface area contributed by atoms with Gasteiger partial charge in [-0.05, 0) is 84.6 Å². The number of fused-ring (bicyclic) bond motifs is 1. The number of halogens is 1. The maximum atomic E-state index is 13.2. The summed E-state index contributed by atoms with van der Waals surface area (Å²) in [5.41, 5.74) is 1.51. The summed E-state index contributed by atoms with van der Waals surface area (Å²) < 4.78 is 17.9. The van der Waals surface area contributed by atoms with Crippen molar-refractivity contribution in [1.29, 1.82) is 0 Å². The van der Waals surface area contributed by atoms with Crippen molar-refractivity contribution in [2.45, 2.75) is 89.5 Å². The van der Waals surface area contributed by atoms with Gasteiger partial charge in [-0.1, -0.05) is 11.6 Å². The van der Waals surface area contributed by atoms with E-state index in [-0.39, 0.29) is 36.1 Å². The molecule has 218 valence electrons. The third-order valence-corrected chi connectivity index (χ3v) is 8.32. The molecule has 2 aromatic rings. The van der Waals surface area contributed by atoms with Gasteiger partial charge < -0.3 is 29.8 Å². The molecule has 1 saturated carbocycles. The first-order chi connectivity index (χ1) is 18.9. The van der Waals surface area contributed by atoms with Crippen molar-refractivity contribution in [1.82, 2.24) is 15.6 Å². The molecule has 1 aliphatic heterocycles. The number of amides is 2. The fourth-order valence-electron chi connectivity index (χ4n) is 5.21. The largest absolute Gasteiger partial charge is 0.484 e. The summed E-state index contributed by atoms with van der Waals surface area (Å²) in [6.07, 6.45) is 4.65. The first-order valence-electron chi connectivity index (χ1n) is 13.5. The maximum Gasteiger partial charge on any atom is 0.407 e. The van der Waals surface area contributed by atoms with Crippen LogP contribution in [0.4, 0.5) is 4.79 Å². The summed E-state index contributed by atoms with van der Waals surface area (Å²) in [6, 6.07) is 3.53. The number of aromatic nitrogens is 1. The Hall–Kier alpha value is -2.85. The zero-order valence-corrected chi connectivity index (χ0v) is 25.4. The lowest BCUT2D eigenvalue weighted by Crippen LogP contribution is -2.44. The van der Waals surface area contributed by atoms with E-state index >= 15 is 0 Å². The first kappa shape index (κ1) is 30.1. The molecule has 1 aromatic heterocycles. The molecular formula is C29H38ClN3O6S. The molecule has 4 rings (SSSR count). The zero-order chi connectivity index (χ0) is 29.2. The zero-order valence-electron chi connectivity index (χ0n) is 23.9. The van der Waals surface area contributed by atoms with E-state index in [1.54, 1.807) is 6.07 Å². The van der Waals surface area contributed by atoms with E-state index in [1.165, 1.54) is 11.8 Å². The van der Waals surface area contributed by atoms with Crippen LogP contribution in [0.25, 0.3) is 0 Å². The molecule has 2 aliphatic rings. The molecule has 1 aliphatic carbocycles. The van der Waals surface area contributed by atoms with Crippen molar-refractivity contribution in [2.24, 2.45) is 5.92 Å². The average Bonchev–Trinajstić information content (AvgIpc) is 2.88. The number of H-pyrrole nitrogens is 1. The van der Waals surface area contributed by atoms with Gasteiger partial charge in [0, 0.05) is 39.9 Å². The lowest BCUT2D eigenvalue weighted by molar-refractivity contribution is 0.0261. The van der Waals surface area contributed by atoms with E-state index in [2.05, 4.69) is 15.6 Å². The number of benzene rings is 1. The van der Waals surface area contributed by atoms with Crippen LogP contribution in [0.2, 0.25) is 5.02 Å². The standard InChI is InChI=1S/C29H38ClN3O6S/c1-15-11-23(40-6)20(27(35)32-15)13-31-26(34)19-12-21(30)25-24(16(19)2)38-22(14-37-25)17-7-9-18(10-8-17)33-28(36)39-29(3,4)5/h11-12,17-18,22H,7-10,13-14H2,1-6H3,(H,31,34)(H,32,35)(H,33,36). The van der Waals surface area contributed by atoms with Crippen LogP contribution < -0.4 is 25.7 Å². The Morgan fingerprint density at radius 1 is 1.15 bits per heavy atom. The van der Waals surface area contributed by atoms with E-state index in [1.807, 2.05) is 46.9 Å². The second kappa shape index (κ2) is 12.3. The molecule has 2 heterocycles. The molecule has 0 saturated heterocycles.